The molecule has 0 aromatic rings. The molecule has 2 amide bonds. The van der Waals surface area contributed by atoms with Crippen molar-refractivity contribution in [3.8, 4) is 0 Å². The molecule has 2 aliphatic heterocycles. The number of amides is 2. The Morgan fingerprint density at radius 2 is 2.00 bits per heavy atom. The topological polar surface area (TPSA) is 82.1 Å². The van der Waals surface area contributed by atoms with Gasteiger partial charge in [-0.1, -0.05) is 0 Å². The van der Waals surface area contributed by atoms with Gasteiger partial charge in [0, 0.05) is 32.2 Å². The van der Waals surface area contributed by atoms with Gasteiger partial charge < -0.3 is 20.1 Å². The lowest BCUT2D eigenvalue weighted by molar-refractivity contribution is -0.143. The quantitative estimate of drug-likeness (QED) is 0.783. The summed E-state index contributed by atoms with van der Waals surface area (Å²) >= 11 is 0. The molecule has 0 aliphatic carbocycles. The molecule has 2 rings (SSSR count). The Morgan fingerprint density at radius 3 is 2.67 bits per heavy atom. The lowest BCUT2D eigenvalue weighted by atomic mass is 10.0. The average Bonchev–Trinajstić information content (AvgIpc) is 2.48. The van der Waals surface area contributed by atoms with Gasteiger partial charge in [0.15, 0.2) is 0 Å². The number of carbonyl (C=O) groups is 2. The fraction of sp³-hybridized carbons (Fsp3) is 0.857. The van der Waals surface area contributed by atoms with Crippen LogP contribution in [-0.4, -0.2) is 78.4 Å². The van der Waals surface area contributed by atoms with E-state index in [0.29, 0.717) is 13.0 Å². The smallest absolute Gasteiger partial charge is 0.326 e. The number of hydrogen-bond donors (Lipinski definition) is 2. The van der Waals surface area contributed by atoms with Crippen molar-refractivity contribution in [2.75, 3.05) is 39.4 Å². The number of ether oxygens (including phenoxy) is 1. The van der Waals surface area contributed by atoms with Crippen LogP contribution in [0.2, 0.25) is 0 Å². The van der Waals surface area contributed by atoms with Gasteiger partial charge in [-0.05, 0) is 26.2 Å². The number of nitrogens with zero attached hydrogens (tertiary/aromatic N) is 2. The minimum Gasteiger partial charge on any atom is -0.480 e. The number of morpholine rings is 1. The number of aliphatic carboxylic acids is 1. The fourth-order valence-corrected chi connectivity index (χ4v) is 2.94. The zero-order chi connectivity index (χ0) is 15.2. The SMILES string of the molecule is CC(CN1CCOCC1)NC(=O)N1CCCCC1C(=O)O. The number of nitrogens with one attached hydrogen (secondary N) is 1. The molecule has 120 valence electrons. The van der Waals surface area contributed by atoms with Crippen molar-refractivity contribution < 1.29 is 19.4 Å². The van der Waals surface area contributed by atoms with E-state index in [9.17, 15) is 14.7 Å². The van der Waals surface area contributed by atoms with Gasteiger partial charge in [0.05, 0.1) is 13.2 Å². The van der Waals surface area contributed by atoms with Crippen LogP contribution in [-0.2, 0) is 9.53 Å². The Morgan fingerprint density at radius 1 is 1.29 bits per heavy atom. The molecule has 7 nitrogen and oxygen atoms in total. The number of piperidine rings is 1. The van der Waals surface area contributed by atoms with E-state index in [2.05, 4.69) is 10.2 Å². The number of carbonyl (C=O) groups excluding carboxylic acids is 1. The summed E-state index contributed by atoms with van der Waals surface area (Å²) in [5, 5.41) is 12.1. The molecule has 7 heteroatoms. The lowest BCUT2D eigenvalue weighted by Crippen LogP contribution is -2.55. The lowest BCUT2D eigenvalue weighted by Gasteiger charge is -2.35. The summed E-state index contributed by atoms with van der Waals surface area (Å²) in [6.45, 7) is 6.45. The Labute approximate surface area is 125 Å². The van der Waals surface area contributed by atoms with Crippen LogP contribution in [0, 0.1) is 0 Å². The molecular weight excluding hydrogens is 274 g/mol. The largest absolute Gasteiger partial charge is 0.480 e. The molecule has 2 unspecified atom stereocenters. The molecule has 2 aliphatic rings. The monoisotopic (exact) mass is 299 g/mol. The third-order valence-electron chi connectivity index (χ3n) is 4.05. The predicted molar refractivity (Wildman–Crippen MR) is 77.2 cm³/mol. The first kappa shape index (κ1) is 16.0. The molecule has 0 spiro atoms. The molecule has 2 fully saturated rings. The van der Waals surface area contributed by atoms with E-state index < -0.39 is 12.0 Å². The molecule has 0 aromatic carbocycles. The summed E-state index contributed by atoms with van der Waals surface area (Å²) in [4.78, 5) is 27.2. The fourth-order valence-electron chi connectivity index (χ4n) is 2.94. The number of carboxylic acid groups (broad SMARTS) is 1. The van der Waals surface area contributed by atoms with Crippen LogP contribution in [0.5, 0.6) is 0 Å². The molecule has 2 atom stereocenters. The Hall–Kier alpha value is -1.34. The number of rotatable bonds is 4. The Kier molecular flexibility index (Phi) is 5.81. The van der Waals surface area contributed by atoms with Gasteiger partial charge in [0.1, 0.15) is 6.04 Å². The van der Waals surface area contributed by atoms with Crippen LogP contribution >= 0.6 is 0 Å². The van der Waals surface area contributed by atoms with Gasteiger partial charge in [-0.3, -0.25) is 4.90 Å². The van der Waals surface area contributed by atoms with Crippen LogP contribution in [0.4, 0.5) is 4.79 Å². The van der Waals surface area contributed by atoms with E-state index in [4.69, 9.17) is 4.74 Å². The van der Waals surface area contributed by atoms with Crippen molar-refractivity contribution in [2.24, 2.45) is 0 Å². The first-order valence-electron chi connectivity index (χ1n) is 7.68. The number of likely N-dealkylation sites (tertiary alicyclic amines) is 1. The maximum Gasteiger partial charge on any atom is 0.326 e. The molecule has 0 bridgehead atoms. The second kappa shape index (κ2) is 7.61. The number of hydrogen-bond acceptors (Lipinski definition) is 4. The highest BCUT2D eigenvalue weighted by Crippen LogP contribution is 2.17. The van der Waals surface area contributed by atoms with Crippen LogP contribution in [0.15, 0.2) is 0 Å². The van der Waals surface area contributed by atoms with E-state index >= 15 is 0 Å². The molecule has 0 aromatic heterocycles. The summed E-state index contributed by atoms with van der Waals surface area (Å²) in [7, 11) is 0. The Bertz CT molecular complexity index is 371. The van der Waals surface area contributed by atoms with E-state index in [1.54, 1.807) is 0 Å². The summed E-state index contributed by atoms with van der Waals surface area (Å²) in [5.41, 5.74) is 0. The minimum atomic E-state index is -0.911. The molecule has 21 heavy (non-hydrogen) atoms. The maximum absolute atomic E-state index is 12.3. The van der Waals surface area contributed by atoms with Crippen LogP contribution in [0.25, 0.3) is 0 Å². The van der Waals surface area contributed by atoms with Gasteiger partial charge >= 0.3 is 12.0 Å². The molecule has 0 saturated carbocycles. The molecule has 0 radical (unpaired) electrons. The summed E-state index contributed by atoms with van der Waals surface area (Å²) in [5.74, 6) is -0.911. The van der Waals surface area contributed by atoms with Gasteiger partial charge in [-0.2, -0.15) is 0 Å². The van der Waals surface area contributed by atoms with Gasteiger partial charge in [0.2, 0.25) is 0 Å². The van der Waals surface area contributed by atoms with Crippen molar-refractivity contribution in [1.82, 2.24) is 15.1 Å². The highest BCUT2D eigenvalue weighted by molar-refractivity contribution is 5.83. The van der Waals surface area contributed by atoms with Crippen molar-refractivity contribution in [3.63, 3.8) is 0 Å². The van der Waals surface area contributed by atoms with Crippen LogP contribution in [0.3, 0.4) is 0 Å². The third kappa shape index (κ3) is 4.57. The van der Waals surface area contributed by atoms with Gasteiger partial charge in [-0.25, -0.2) is 9.59 Å². The van der Waals surface area contributed by atoms with Gasteiger partial charge in [0.25, 0.3) is 0 Å². The molecular formula is C14H25N3O4. The zero-order valence-electron chi connectivity index (χ0n) is 12.6. The number of carboxylic acids is 1. The van der Waals surface area contributed by atoms with Crippen molar-refractivity contribution >= 4 is 12.0 Å². The molecule has 2 saturated heterocycles. The van der Waals surface area contributed by atoms with Crippen molar-refractivity contribution in [1.29, 1.82) is 0 Å². The standard InChI is InChI=1S/C14H25N3O4/c1-11(10-16-6-8-21-9-7-16)15-14(20)17-5-3-2-4-12(17)13(18)19/h11-12H,2-10H2,1H3,(H,15,20)(H,18,19). The first-order valence-corrected chi connectivity index (χ1v) is 7.68. The third-order valence-corrected chi connectivity index (χ3v) is 4.05. The zero-order valence-corrected chi connectivity index (χ0v) is 12.6. The van der Waals surface area contributed by atoms with E-state index in [-0.39, 0.29) is 12.1 Å². The second-order valence-electron chi connectivity index (χ2n) is 5.81. The Balaban J connectivity index is 1.82. The highest BCUT2D eigenvalue weighted by Gasteiger charge is 2.32. The van der Waals surface area contributed by atoms with Crippen LogP contribution in [0.1, 0.15) is 26.2 Å². The first-order chi connectivity index (χ1) is 10.1. The average molecular weight is 299 g/mol. The predicted octanol–water partition coefficient (Wildman–Crippen LogP) is 0.356. The van der Waals surface area contributed by atoms with E-state index in [1.165, 1.54) is 4.90 Å². The molecule has 2 heterocycles. The second-order valence-corrected chi connectivity index (χ2v) is 5.81. The highest BCUT2D eigenvalue weighted by atomic mass is 16.5. The maximum atomic E-state index is 12.3. The normalized spacial score (nSPS) is 25.4. The van der Waals surface area contributed by atoms with Gasteiger partial charge in [-0.15, -0.1) is 0 Å². The van der Waals surface area contributed by atoms with Crippen LogP contribution < -0.4 is 5.32 Å². The summed E-state index contributed by atoms with van der Waals surface area (Å²) in [6.07, 6.45) is 2.28. The van der Waals surface area contributed by atoms with Crippen molar-refractivity contribution in [2.45, 2.75) is 38.3 Å². The van der Waals surface area contributed by atoms with Crippen molar-refractivity contribution in [3.05, 3.63) is 0 Å². The number of urea groups is 1. The van der Waals surface area contributed by atoms with E-state index in [1.807, 2.05) is 6.92 Å². The minimum absolute atomic E-state index is 0.00743. The summed E-state index contributed by atoms with van der Waals surface area (Å²) in [6, 6.07) is -0.954. The summed E-state index contributed by atoms with van der Waals surface area (Å²) < 4.78 is 5.30. The molecule has 2 N–H and O–H groups in total. The van der Waals surface area contributed by atoms with E-state index in [0.717, 1.165) is 45.7 Å².